The van der Waals surface area contributed by atoms with Crippen molar-refractivity contribution in [3.63, 3.8) is 0 Å². The Balaban J connectivity index is 1.81. The van der Waals surface area contributed by atoms with Crippen LogP contribution in [0.2, 0.25) is 0 Å². The number of carbonyl (C=O) groups excluding carboxylic acids is 1. The molecule has 130 valence electrons. The molecule has 3 aromatic rings. The van der Waals surface area contributed by atoms with Gasteiger partial charge in [0.15, 0.2) is 11.7 Å². The van der Waals surface area contributed by atoms with Crippen molar-refractivity contribution in [1.29, 1.82) is 0 Å². The number of halogens is 1. The van der Waals surface area contributed by atoms with Crippen molar-refractivity contribution in [3.05, 3.63) is 71.5 Å². The second-order valence-electron chi connectivity index (χ2n) is 6.22. The van der Waals surface area contributed by atoms with E-state index in [9.17, 15) is 9.18 Å². The van der Waals surface area contributed by atoms with E-state index in [0.29, 0.717) is 22.6 Å². The molecule has 0 saturated heterocycles. The number of rotatable bonds is 2. The Morgan fingerprint density at radius 1 is 1.23 bits per heavy atom. The summed E-state index contributed by atoms with van der Waals surface area (Å²) in [6.07, 6.45) is 8.11. The first-order valence-electron chi connectivity index (χ1n) is 8.11. The lowest BCUT2D eigenvalue weighted by molar-refractivity contribution is -0.117. The molecule has 0 aliphatic heterocycles. The first-order chi connectivity index (χ1) is 12.5. The van der Waals surface area contributed by atoms with Gasteiger partial charge in [-0.25, -0.2) is 19.3 Å². The highest BCUT2D eigenvalue weighted by Crippen LogP contribution is 2.36. The van der Waals surface area contributed by atoms with E-state index >= 15 is 0 Å². The molecule has 0 amide bonds. The molecule has 1 aliphatic rings. The van der Waals surface area contributed by atoms with Crippen LogP contribution < -0.4 is 5.73 Å². The van der Waals surface area contributed by atoms with Crippen molar-refractivity contribution >= 4 is 22.7 Å². The summed E-state index contributed by atoms with van der Waals surface area (Å²) in [6, 6.07) is 3.55. The van der Waals surface area contributed by atoms with Crippen molar-refractivity contribution < 1.29 is 9.18 Å². The van der Waals surface area contributed by atoms with Crippen molar-refractivity contribution in [3.8, 4) is 0 Å². The maximum Gasteiger partial charge on any atom is 0.203 e. The third-order valence-corrected chi connectivity index (χ3v) is 4.49. The highest BCUT2D eigenvalue weighted by Gasteiger charge is 2.31. The van der Waals surface area contributed by atoms with Gasteiger partial charge >= 0.3 is 0 Å². The Morgan fingerprint density at radius 2 is 2.04 bits per heavy atom. The molecule has 0 bridgehead atoms. The zero-order valence-electron chi connectivity index (χ0n) is 14.3. The summed E-state index contributed by atoms with van der Waals surface area (Å²) in [5.74, 6) is -1.75. The van der Waals surface area contributed by atoms with Gasteiger partial charge < -0.3 is 10.1 Å². The summed E-state index contributed by atoms with van der Waals surface area (Å²) in [4.78, 5) is 25.1. The largest absolute Gasteiger partial charge is 0.382 e. The molecule has 3 aromatic heterocycles. The normalized spacial score (nSPS) is 17.3. The Bertz CT molecular complexity index is 1110. The van der Waals surface area contributed by atoms with E-state index in [2.05, 4.69) is 15.0 Å². The van der Waals surface area contributed by atoms with Crippen molar-refractivity contribution in [2.24, 2.45) is 0 Å². The third kappa shape index (κ3) is 2.40. The SMILES string of the molecule is Cc1ccnc(C2=C(F)C(=O)C(c3cc(C)n4ccnc(N)c34)C=C2)n1. The van der Waals surface area contributed by atoms with Gasteiger partial charge in [-0.3, -0.25) is 4.79 Å². The Kier molecular flexibility index (Phi) is 3.64. The number of anilines is 1. The molecule has 1 aliphatic carbocycles. The van der Waals surface area contributed by atoms with Gasteiger partial charge in [0.05, 0.1) is 17.0 Å². The number of carbonyl (C=O) groups is 1. The number of hydrogen-bond donors (Lipinski definition) is 1. The lowest BCUT2D eigenvalue weighted by Gasteiger charge is -2.16. The van der Waals surface area contributed by atoms with Crippen LogP contribution in [0.4, 0.5) is 10.2 Å². The van der Waals surface area contributed by atoms with E-state index in [4.69, 9.17) is 5.73 Å². The predicted molar refractivity (Wildman–Crippen MR) is 96.0 cm³/mol. The van der Waals surface area contributed by atoms with Crippen LogP contribution in [0.3, 0.4) is 0 Å². The number of Topliss-reactive ketones (excluding diaryl/α,β-unsaturated/α-hetero) is 1. The first-order valence-corrected chi connectivity index (χ1v) is 8.11. The standard InChI is InChI=1S/C19H16FN5O/c1-10-5-6-23-19(24-10)13-4-3-12(17(26)15(13)20)14-9-11(2)25-8-7-22-18(21)16(14)25/h3-9,12H,1-2H3,(H2,21,22). The molecule has 1 unspecified atom stereocenters. The maximum atomic E-state index is 14.8. The Hall–Kier alpha value is -3.35. The fraction of sp³-hybridized carbons (Fsp3) is 0.158. The van der Waals surface area contributed by atoms with Crippen LogP contribution in [0.25, 0.3) is 11.1 Å². The number of hydrogen-bond acceptors (Lipinski definition) is 5. The summed E-state index contributed by atoms with van der Waals surface area (Å²) < 4.78 is 16.7. The van der Waals surface area contributed by atoms with Gasteiger partial charge in [0.1, 0.15) is 5.82 Å². The Morgan fingerprint density at radius 3 is 2.81 bits per heavy atom. The van der Waals surface area contributed by atoms with Gasteiger partial charge in [-0.05, 0) is 31.5 Å². The van der Waals surface area contributed by atoms with Crippen LogP contribution in [-0.4, -0.2) is 25.1 Å². The van der Waals surface area contributed by atoms with Crippen LogP contribution in [0.5, 0.6) is 0 Å². The van der Waals surface area contributed by atoms with Crippen LogP contribution in [0.1, 0.15) is 28.7 Å². The quantitative estimate of drug-likeness (QED) is 0.769. The van der Waals surface area contributed by atoms with Gasteiger partial charge in [0.25, 0.3) is 0 Å². The van der Waals surface area contributed by atoms with Crippen molar-refractivity contribution in [2.75, 3.05) is 5.73 Å². The summed E-state index contributed by atoms with van der Waals surface area (Å²) in [5.41, 5.74) is 8.94. The lowest BCUT2D eigenvalue weighted by Crippen LogP contribution is -2.16. The topological polar surface area (TPSA) is 86.2 Å². The van der Waals surface area contributed by atoms with Crippen molar-refractivity contribution in [2.45, 2.75) is 19.8 Å². The zero-order chi connectivity index (χ0) is 18.4. The van der Waals surface area contributed by atoms with Crippen LogP contribution >= 0.6 is 0 Å². The number of aryl methyl sites for hydroxylation is 2. The van der Waals surface area contributed by atoms with Gasteiger partial charge in [-0.15, -0.1) is 0 Å². The van der Waals surface area contributed by atoms with Gasteiger partial charge in [-0.1, -0.05) is 12.2 Å². The number of ketones is 1. The van der Waals surface area contributed by atoms with Gasteiger partial charge in [-0.2, -0.15) is 0 Å². The molecule has 0 saturated carbocycles. The van der Waals surface area contributed by atoms with Crippen LogP contribution in [0, 0.1) is 13.8 Å². The average Bonchev–Trinajstić information content (AvgIpc) is 2.95. The van der Waals surface area contributed by atoms with Crippen molar-refractivity contribution in [1.82, 2.24) is 19.4 Å². The molecule has 6 nitrogen and oxygen atoms in total. The van der Waals surface area contributed by atoms with E-state index in [-0.39, 0.29) is 11.4 Å². The molecule has 0 radical (unpaired) electrons. The number of nitrogens with zero attached hydrogens (tertiary/aromatic N) is 4. The van der Waals surface area contributed by atoms with Crippen LogP contribution in [-0.2, 0) is 4.79 Å². The Labute approximate surface area is 148 Å². The average molecular weight is 349 g/mol. The first kappa shape index (κ1) is 16.1. The molecule has 2 N–H and O–H groups in total. The summed E-state index contributed by atoms with van der Waals surface area (Å²) in [7, 11) is 0. The molecule has 26 heavy (non-hydrogen) atoms. The monoisotopic (exact) mass is 349 g/mol. The predicted octanol–water partition coefficient (Wildman–Crippen LogP) is 2.93. The minimum absolute atomic E-state index is 0.0984. The number of aromatic nitrogens is 4. The van der Waals surface area contributed by atoms with Crippen LogP contribution in [0.15, 0.2) is 48.7 Å². The minimum atomic E-state index is -0.845. The summed E-state index contributed by atoms with van der Waals surface area (Å²) in [6.45, 7) is 3.68. The summed E-state index contributed by atoms with van der Waals surface area (Å²) in [5, 5.41) is 0. The zero-order valence-corrected chi connectivity index (χ0v) is 14.3. The molecule has 0 fully saturated rings. The van der Waals surface area contributed by atoms with E-state index < -0.39 is 17.5 Å². The smallest absolute Gasteiger partial charge is 0.203 e. The highest BCUT2D eigenvalue weighted by atomic mass is 19.1. The molecule has 0 aromatic carbocycles. The molecule has 1 atom stereocenters. The van der Waals surface area contributed by atoms with E-state index in [1.807, 2.05) is 17.4 Å². The molecular formula is C19H16FN5O. The van der Waals surface area contributed by atoms with E-state index in [0.717, 1.165) is 5.69 Å². The molecule has 4 rings (SSSR count). The minimum Gasteiger partial charge on any atom is -0.382 e. The second kappa shape index (κ2) is 5.87. The van der Waals surface area contributed by atoms with Gasteiger partial charge in [0, 0.05) is 30.0 Å². The van der Waals surface area contributed by atoms with E-state index in [1.54, 1.807) is 43.7 Å². The number of fused-ring (bicyclic) bond motifs is 1. The van der Waals surface area contributed by atoms with E-state index in [1.165, 1.54) is 0 Å². The molecule has 0 spiro atoms. The number of nitrogens with two attached hydrogens (primary N) is 1. The maximum absolute atomic E-state index is 14.8. The van der Waals surface area contributed by atoms with Gasteiger partial charge in [0.2, 0.25) is 5.78 Å². The second-order valence-corrected chi connectivity index (χ2v) is 6.22. The lowest BCUT2D eigenvalue weighted by atomic mass is 9.88. The fourth-order valence-electron chi connectivity index (χ4n) is 3.24. The molecule has 7 heteroatoms. The molecular weight excluding hydrogens is 333 g/mol. The third-order valence-electron chi connectivity index (χ3n) is 4.49. The fourth-order valence-corrected chi connectivity index (χ4v) is 3.24. The summed E-state index contributed by atoms with van der Waals surface area (Å²) >= 11 is 0. The molecule has 3 heterocycles. The number of allylic oxidation sites excluding steroid dienone is 4. The number of nitrogen functional groups attached to an aromatic ring is 1. The highest BCUT2D eigenvalue weighted by molar-refractivity contribution is 6.09.